The molecule has 0 bridgehead atoms. The molecule has 0 aliphatic carbocycles. The number of nitrogens with one attached hydrogen (secondary N) is 1. The largest absolute Gasteiger partial charge is 0.573 e. The fourth-order valence-corrected chi connectivity index (χ4v) is 4.88. The van der Waals surface area contributed by atoms with E-state index >= 15 is 8.78 Å². The van der Waals surface area contributed by atoms with E-state index in [0.29, 0.717) is 0 Å². The number of halogens is 5. The number of carbonyl (C=O) groups excluding carboxylic acids is 2. The number of pyridine rings is 1. The molecule has 1 fully saturated rings. The average Bonchev–Trinajstić information content (AvgIpc) is 3.26. The minimum Gasteiger partial charge on any atom is -0.497 e. The summed E-state index contributed by atoms with van der Waals surface area (Å²) in [6.45, 7) is -0.287. The Balaban J connectivity index is 1.73. The summed E-state index contributed by atoms with van der Waals surface area (Å²) in [5.41, 5.74) is 4.33. The molecule has 1 unspecified atom stereocenters. The van der Waals surface area contributed by atoms with Gasteiger partial charge in [-0.25, -0.2) is 8.78 Å². The maximum Gasteiger partial charge on any atom is 0.573 e. The third-order valence-corrected chi connectivity index (χ3v) is 6.88. The Kier molecular flexibility index (Phi) is 9.35. The fourth-order valence-electron chi connectivity index (χ4n) is 4.88. The van der Waals surface area contributed by atoms with E-state index in [1.165, 1.54) is 37.1 Å². The van der Waals surface area contributed by atoms with Gasteiger partial charge in [-0.15, -0.1) is 13.2 Å². The molecular formula is C28H27F5N4O6. The molecule has 1 aliphatic heterocycles. The van der Waals surface area contributed by atoms with Crippen LogP contribution >= 0.6 is 0 Å². The molecule has 3 aromatic rings. The second-order valence-electron chi connectivity index (χ2n) is 9.53. The molecule has 0 spiro atoms. The van der Waals surface area contributed by atoms with Gasteiger partial charge in [0, 0.05) is 55.6 Å². The first-order valence-corrected chi connectivity index (χ1v) is 12.8. The number of anilines is 1. The molecule has 10 nitrogen and oxygen atoms in total. The maximum atomic E-state index is 15.2. The molecule has 1 aromatic heterocycles. The Morgan fingerprint density at radius 3 is 2.28 bits per heavy atom. The van der Waals surface area contributed by atoms with Gasteiger partial charge in [0.15, 0.2) is 0 Å². The van der Waals surface area contributed by atoms with E-state index in [1.807, 2.05) is 0 Å². The summed E-state index contributed by atoms with van der Waals surface area (Å²) in [4.78, 5) is 41.3. The van der Waals surface area contributed by atoms with Crippen molar-refractivity contribution in [1.82, 2.24) is 9.88 Å². The Morgan fingerprint density at radius 2 is 1.72 bits per heavy atom. The summed E-state index contributed by atoms with van der Waals surface area (Å²) in [6.07, 6.45) is -3.50. The summed E-state index contributed by atoms with van der Waals surface area (Å²) < 4.78 is 83.1. The van der Waals surface area contributed by atoms with E-state index in [2.05, 4.69) is 10.1 Å². The summed E-state index contributed by atoms with van der Waals surface area (Å²) >= 11 is 0. The lowest BCUT2D eigenvalue weighted by Gasteiger charge is -2.21. The van der Waals surface area contributed by atoms with Crippen LogP contribution in [-0.4, -0.2) is 62.7 Å². The Morgan fingerprint density at radius 1 is 1.07 bits per heavy atom. The molecule has 3 N–H and O–H groups in total. The molecule has 0 radical (unpaired) electrons. The highest BCUT2D eigenvalue weighted by molar-refractivity contribution is 6.05. The average molecular weight is 611 g/mol. The van der Waals surface area contributed by atoms with Crippen molar-refractivity contribution in [3.8, 4) is 11.5 Å². The number of ether oxygens (including phenoxy) is 3. The van der Waals surface area contributed by atoms with Crippen LogP contribution < -0.4 is 31.0 Å². The molecule has 1 aliphatic rings. The first-order chi connectivity index (χ1) is 20.4. The molecule has 2 aromatic carbocycles. The topological polar surface area (TPSA) is 125 Å². The first kappa shape index (κ1) is 31.4. The molecule has 43 heavy (non-hydrogen) atoms. The summed E-state index contributed by atoms with van der Waals surface area (Å²) in [5, 5.41) is 2.43. The van der Waals surface area contributed by atoms with Gasteiger partial charge < -0.3 is 34.7 Å². The van der Waals surface area contributed by atoms with Crippen molar-refractivity contribution in [2.24, 2.45) is 5.73 Å². The second-order valence-corrected chi connectivity index (χ2v) is 9.53. The van der Waals surface area contributed by atoms with E-state index in [1.54, 1.807) is 0 Å². The lowest BCUT2D eigenvalue weighted by Crippen LogP contribution is -2.45. The number of nitrogens with zero attached hydrogens (tertiary/aromatic N) is 2. The van der Waals surface area contributed by atoms with E-state index in [9.17, 15) is 27.6 Å². The highest BCUT2D eigenvalue weighted by Crippen LogP contribution is 2.36. The smallest absolute Gasteiger partial charge is 0.497 e. The quantitative estimate of drug-likeness (QED) is 0.338. The van der Waals surface area contributed by atoms with Crippen molar-refractivity contribution < 1.29 is 45.8 Å². The summed E-state index contributed by atoms with van der Waals surface area (Å²) in [6, 6.07) is 6.34. The van der Waals surface area contributed by atoms with Crippen LogP contribution in [0.3, 0.4) is 0 Å². The van der Waals surface area contributed by atoms with Crippen molar-refractivity contribution in [2.45, 2.75) is 24.4 Å². The van der Waals surface area contributed by atoms with Crippen molar-refractivity contribution in [1.29, 1.82) is 0 Å². The van der Waals surface area contributed by atoms with Gasteiger partial charge in [-0.2, -0.15) is 0 Å². The van der Waals surface area contributed by atoms with E-state index in [4.69, 9.17) is 15.2 Å². The number of carbonyl (C=O) groups is 2. The van der Waals surface area contributed by atoms with E-state index in [-0.39, 0.29) is 30.2 Å². The first-order valence-electron chi connectivity index (χ1n) is 12.8. The molecule has 3 atom stereocenters. The van der Waals surface area contributed by atoms with Crippen LogP contribution in [0.25, 0.3) is 0 Å². The Bertz CT molecular complexity index is 1520. The van der Waals surface area contributed by atoms with Gasteiger partial charge in [0.2, 0.25) is 5.91 Å². The van der Waals surface area contributed by atoms with Gasteiger partial charge >= 0.3 is 6.36 Å². The van der Waals surface area contributed by atoms with Crippen molar-refractivity contribution in [2.75, 3.05) is 38.8 Å². The van der Waals surface area contributed by atoms with E-state index in [0.717, 1.165) is 41.3 Å². The lowest BCUT2D eigenvalue weighted by molar-refractivity contribution is -0.274. The minimum atomic E-state index is -4.95. The summed E-state index contributed by atoms with van der Waals surface area (Å²) in [7, 11) is 2.63. The number of amides is 2. The van der Waals surface area contributed by atoms with Crippen LogP contribution in [-0.2, 0) is 9.53 Å². The van der Waals surface area contributed by atoms with Gasteiger partial charge in [0.1, 0.15) is 34.9 Å². The molecule has 230 valence electrons. The lowest BCUT2D eigenvalue weighted by atomic mass is 9.92. The minimum absolute atomic E-state index is 0.0293. The third-order valence-electron chi connectivity index (χ3n) is 6.88. The number of alkyl halides is 3. The zero-order chi connectivity index (χ0) is 31.5. The van der Waals surface area contributed by atoms with Crippen molar-refractivity contribution >= 4 is 17.5 Å². The predicted octanol–water partition coefficient (Wildman–Crippen LogP) is 3.11. The van der Waals surface area contributed by atoms with Crippen LogP contribution in [0, 0.1) is 11.6 Å². The number of nitrogens with two attached hydrogens (primary N) is 1. The number of hydrogen-bond acceptors (Lipinski definition) is 7. The standard InChI is InChI=1S/C28H27F5N4O6/c1-41-14-16(12-34)36-9-3-4-22(26(36)39)37-13-19(23-20(29)10-18(42-2)11-21(23)30)24(27(37)40)35-25(38)15-5-7-17(8-6-15)43-28(31,32)33/h3-11,16,19,24H,12-14,34H2,1-2H3,(H,35,38)/t16?,19-,24-/m0/s1. The molecular weight excluding hydrogens is 583 g/mol. The van der Waals surface area contributed by atoms with Crippen LogP contribution in [0.15, 0.2) is 59.5 Å². The van der Waals surface area contributed by atoms with Crippen molar-refractivity contribution in [3.05, 3.63) is 87.8 Å². The Labute approximate surface area is 241 Å². The molecule has 2 amide bonds. The highest BCUT2D eigenvalue weighted by Gasteiger charge is 2.46. The van der Waals surface area contributed by atoms with Crippen LogP contribution in [0.4, 0.5) is 27.6 Å². The monoisotopic (exact) mass is 610 g/mol. The van der Waals surface area contributed by atoms with Gasteiger partial charge in [-0.05, 0) is 36.4 Å². The number of hydrogen-bond donors (Lipinski definition) is 2. The second kappa shape index (κ2) is 12.8. The zero-order valence-corrected chi connectivity index (χ0v) is 22.9. The van der Waals surface area contributed by atoms with Crippen molar-refractivity contribution in [3.63, 3.8) is 0 Å². The molecule has 15 heteroatoms. The van der Waals surface area contributed by atoms with Crippen LogP contribution in [0.1, 0.15) is 27.9 Å². The summed E-state index contributed by atoms with van der Waals surface area (Å²) in [5.74, 6) is -5.93. The molecule has 1 saturated heterocycles. The normalized spacial score (nSPS) is 17.6. The number of methoxy groups -OCH3 is 2. The Hall–Kier alpha value is -4.50. The number of rotatable bonds is 10. The third kappa shape index (κ3) is 6.78. The number of benzene rings is 2. The van der Waals surface area contributed by atoms with Gasteiger partial charge in [0.25, 0.3) is 11.5 Å². The maximum absolute atomic E-state index is 15.2. The highest BCUT2D eigenvalue weighted by atomic mass is 19.4. The molecule has 4 rings (SSSR count). The fraction of sp³-hybridized carbons (Fsp3) is 0.321. The molecule has 2 heterocycles. The SMILES string of the molecule is COCC(CN)n1cccc(N2C[C@@H](c3c(F)cc(OC)cc3F)[C@H](NC(=O)c3ccc(OC(F)(F)F)cc3)C2=O)c1=O. The van der Waals surface area contributed by atoms with Gasteiger partial charge in [-0.1, -0.05) is 0 Å². The van der Waals surface area contributed by atoms with Crippen LogP contribution in [0.2, 0.25) is 0 Å². The van der Waals surface area contributed by atoms with Gasteiger partial charge in [0.05, 0.1) is 19.8 Å². The van der Waals surface area contributed by atoms with E-state index < -0.39 is 71.2 Å². The van der Waals surface area contributed by atoms with Gasteiger partial charge in [-0.3, -0.25) is 14.4 Å². The molecule has 0 saturated carbocycles. The van der Waals surface area contributed by atoms with Crippen LogP contribution in [0.5, 0.6) is 11.5 Å². The predicted molar refractivity (Wildman–Crippen MR) is 143 cm³/mol. The zero-order valence-electron chi connectivity index (χ0n) is 22.9. The number of aromatic nitrogens is 1.